The van der Waals surface area contributed by atoms with Gasteiger partial charge in [-0.05, 0) is 43.5 Å². The SMILES string of the molecule is Cc1cc(=O)c(C(=O)NCC2(c3ccccc3)CC2)nn1-c1cccc(C(F)(F)F)c1. The number of carbonyl (C=O) groups excluding carboxylic acids is 1. The van der Waals surface area contributed by atoms with Gasteiger partial charge < -0.3 is 5.32 Å². The second kappa shape index (κ2) is 7.68. The number of benzene rings is 2. The topological polar surface area (TPSA) is 64.0 Å². The molecule has 0 spiro atoms. The quantitative estimate of drug-likeness (QED) is 0.669. The molecule has 1 aromatic heterocycles. The van der Waals surface area contributed by atoms with E-state index in [0.29, 0.717) is 12.2 Å². The second-order valence-corrected chi connectivity index (χ2v) is 7.79. The molecule has 0 saturated heterocycles. The first kappa shape index (κ1) is 20.8. The van der Waals surface area contributed by atoms with Gasteiger partial charge in [0.2, 0.25) is 5.43 Å². The van der Waals surface area contributed by atoms with E-state index in [2.05, 4.69) is 10.4 Å². The number of halogens is 3. The van der Waals surface area contributed by atoms with Gasteiger partial charge in [0, 0.05) is 23.7 Å². The molecular weight excluding hydrogens is 407 g/mol. The van der Waals surface area contributed by atoms with Gasteiger partial charge in [-0.2, -0.15) is 18.3 Å². The van der Waals surface area contributed by atoms with Crippen molar-refractivity contribution in [3.05, 3.63) is 93.4 Å². The molecule has 0 bridgehead atoms. The zero-order chi connectivity index (χ0) is 22.2. The van der Waals surface area contributed by atoms with Crippen molar-refractivity contribution in [2.75, 3.05) is 6.54 Å². The van der Waals surface area contributed by atoms with E-state index in [1.807, 2.05) is 30.3 Å². The smallest absolute Gasteiger partial charge is 0.350 e. The highest BCUT2D eigenvalue weighted by Gasteiger charge is 2.44. The van der Waals surface area contributed by atoms with Gasteiger partial charge in [-0.15, -0.1) is 0 Å². The summed E-state index contributed by atoms with van der Waals surface area (Å²) >= 11 is 0. The largest absolute Gasteiger partial charge is 0.416 e. The average Bonchev–Trinajstić information content (AvgIpc) is 3.53. The Kier molecular flexibility index (Phi) is 5.16. The van der Waals surface area contributed by atoms with Crippen LogP contribution in [-0.2, 0) is 11.6 Å². The average molecular weight is 427 g/mol. The molecular formula is C23H20F3N3O2. The number of alkyl halides is 3. The molecule has 1 heterocycles. The molecule has 0 atom stereocenters. The first-order valence-corrected chi connectivity index (χ1v) is 9.82. The van der Waals surface area contributed by atoms with Crippen LogP contribution in [0, 0.1) is 6.92 Å². The van der Waals surface area contributed by atoms with E-state index in [1.165, 1.54) is 22.9 Å². The van der Waals surface area contributed by atoms with Crippen molar-refractivity contribution in [3.63, 3.8) is 0 Å². The molecule has 160 valence electrons. The Bertz CT molecular complexity index is 1180. The third-order valence-electron chi connectivity index (χ3n) is 5.57. The summed E-state index contributed by atoms with van der Waals surface area (Å²) in [5, 5.41) is 6.86. The number of nitrogens with zero attached hydrogens (tertiary/aromatic N) is 2. The summed E-state index contributed by atoms with van der Waals surface area (Å²) in [5.74, 6) is -0.645. The fourth-order valence-electron chi connectivity index (χ4n) is 3.62. The third-order valence-corrected chi connectivity index (χ3v) is 5.57. The lowest BCUT2D eigenvalue weighted by atomic mass is 9.96. The number of amides is 1. The van der Waals surface area contributed by atoms with Crippen LogP contribution in [0.2, 0.25) is 0 Å². The number of aryl methyl sites for hydroxylation is 1. The Balaban J connectivity index is 1.60. The molecule has 1 aliphatic rings. The Morgan fingerprint density at radius 1 is 1.10 bits per heavy atom. The highest BCUT2D eigenvalue weighted by Crippen LogP contribution is 2.47. The highest BCUT2D eigenvalue weighted by atomic mass is 19.4. The summed E-state index contributed by atoms with van der Waals surface area (Å²) in [7, 11) is 0. The van der Waals surface area contributed by atoms with E-state index < -0.39 is 23.1 Å². The first-order chi connectivity index (χ1) is 14.7. The molecule has 8 heteroatoms. The summed E-state index contributed by atoms with van der Waals surface area (Å²) in [4.78, 5) is 25.1. The van der Waals surface area contributed by atoms with Gasteiger partial charge in [-0.3, -0.25) is 9.59 Å². The van der Waals surface area contributed by atoms with Gasteiger partial charge >= 0.3 is 6.18 Å². The van der Waals surface area contributed by atoms with Crippen LogP contribution in [0.3, 0.4) is 0 Å². The lowest BCUT2D eigenvalue weighted by Crippen LogP contribution is -2.36. The van der Waals surface area contributed by atoms with Gasteiger partial charge in [-0.1, -0.05) is 36.4 Å². The summed E-state index contributed by atoms with van der Waals surface area (Å²) in [5.41, 5.74) is -0.368. The Labute approximate surface area is 176 Å². The Morgan fingerprint density at radius 3 is 2.45 bits per heavy atom. The predicted molar refractivity (Wildman–Crippen MR) is 109 cm³/mol. The molecule has 1 amide bonds. The normalized spacial score (nSPS) is 14.8. The number of carbonyl (C=O) groups is 1. The second-order valence-electron chi connectivity index (χ2n) is 7.79. The zero-order valence-corrected chi connectivity index (χ0v) is 16.7. The van der Waals surface area contributed by atoms with Gasteiger partial charge in [0.05, 0.1) is 11.3 Å². The van der Waals surface area contributed by atoms with E-state index >= 15 is 0 Å². The number of rotatable bonds is 5. The van der Waals surface area contributed by atoms with Crippen molar-refractivity contribution in [2.45, 2.75) is 31.4 Å². The van der Waals surface area contributed by atoms with Crippen LogP contribution in [-0.4, -0.2) is 22.2 Å². The molecule has 0 radical (unpaired) electrons. The fourth-order valence-corrected chi connectivity index (χ4v) is 3.62. The molecule has 0 aliphatic heterocycles. The predicted octanol–water partition coefficient (Wildman–Crippen LogP) is 4.02. The van der Waals surface area contributed by atoms with Crippen LogP contribution >= 0.6 is 0 Å². The monoisotopic (exact) mass is 427 g/mol. The third kappa shape index (κ3) is 4.23. The van der Waals surface area contributed by atoms with Crippen LogP contribution in [0.1, 0.15) is 40.2 Å². The molecule has 0 unspecified atom stereocenters. The summed E-state index contributed by atoms with van der Waals surface area (Å²) in [6, 6.07) is 15.6. The van der Waals surface area contributed by atoms with E-state index in [-0.39, 0.29) is 16.8 Å². The van der Waals surface area contributed by atoms with Gasteiger partial charge in [0.25, 0.3) is 5.91 Å². The number of nitrogens with one attached hydrogen (secondary N) is 1. The van der Waals surface area contributed by atoms with Crippen LogP contribution < -0.4 is 10.7 Å². The van der Waals surface area contributed by atoms with Crippen LogP contribution in [0.25, 0.3) is 5.69 Å². The first-order valence-electron chi connectivity index (χ1n) is 9.82. The maximum Gasteiger partial charge on any atom is 0.416 e. The molecule has 5 nitrogen and oxygen atoms in total. The summed E-state index contributed by atoms with van der Waals surface area (Å²) in [6.45, 7) is 1.90. The van der Waals surface area contributed by atoms with Gasteiger partial charge in [-0.25, -0.2) is 4.68 Å². The standard InChI is InChI=1S/C23H20F3N3O2/c1-15-12-19(30)20(28-29(15)18-9-5-8-17(13-18)23(24,25)26)21(31)27-14-22(10-11-22)16-6-3-2-4-7-16/h2-9,12-13H,10-11,14H2,1H3,(H,27,31). The maximum atomic E-state index is 13.1. The van der Waals surface area contributed by atoms with Crippen molar-refractivity contribution in [1.29, 1.82) is 0 Å². The van der Waals surface area contributed by atoms with E-state index in [9.17, 15) is 22.8 Å². The van der Waals surface area contributed by atoms with E-state index in [4.69, 9.17) is 0 Å². The molecule has 2 aromatic carbocycles. The van der Waals surface area contributed by atoms with Crippen LogP contribution in [0.4, 0.5) is 13.2 Å². The minimum atomic E-state index is -4.51. The number of hydrogen-bond donors (Lipinski definition) is 1. The summed E-state index contributed by atoms with van der Waals surface area (Å²) in [6.07, 6.45) is -2.67. The van der Waals surface area contributed by atoms with Crippen LogP contribution in [0.15, 0.2) is 65.5 Å². The van der Waals surface area contributed by atoms with Crippen molar-refractivity contribution in [2.24, 2.45) is 0 Å². The molecule has 31 heavy (non-hydrogen) atoms. The maximum absolute atomic E-state index is 13.1. The fraction of sp³-hybridized carbons (Fsp3) is 0.261. The Hall–Kier alpha value is -3.42. The molecule has 3 aromatic rings. The lowest BCUT2D eigenvalue weighted by Gasteiger charge is -2.17. The van der Waals surface area contributed by atoms with E-state index in [1.54, 1.807) is 6.92 Å². The van der Waals surface area contributed by atoms with E-state index in [0.717, 1.165) is 30.5 Å². The van der Waals surface area contributed by atoms with Gasteiger partial charge in [0.1, 0.15) is 0 Å². The molecule has 1 N–H and O–H groups in total. The van der Waals surface area contributed by atoms with Crippen molar-refractivity contribution in [1.82, 2.24) is 15.1 Å². The molecule has 1 fully saturated rings. The minimum Gasteiger partial charge on any atom is -0.350 e. The highest BCUT2D eigenvalue weighted by molar-refractivity contribution is 5.92. The molecule has 1 aliphatic carbocycles. The molecule has 1 saturated carbocycles. The van der Waals surface area contributed by atoms with Crippen molar-refractivity contribution >= 4 is 5.91 Å². The Morgan fingerprint density at radius 2 is 1.81 bits per heavy atom. The summed E-state index contributed by atoms with van der Waals surface area (Å²) < 4.78 is 40.4. The van der Waals surface area contributed by atoms with Gasteiger partial charge in [0.15, 0.2) is 5.69 Å². The minimum absolute atomic E-state index is 0.115. The van der Waals surface area contributed by atoms with Crippen molar-refractivity contribution in [3.8, 4) is 5.69 Å². The molecule has 4 rings (SSSR count). The zero-order valence-electron chi connectivity index (χ0n) is 16.7. The number of hydrogen-bond acceptors (Lipinski definition) is 3. The lowest BCUT2D eigenvalue weighted by molar-refractivity contribution is -0.137. The van der Waals surface area contributed by atoms with Crippen LogP contribution in [0.5, 0.6) is 0 Å². The van der Waals surface area contributed by atoms with Crippen molar-refractivity contribution < 1.29 is 18.0 Å². The number of aromatic nitrogens is 2.